The van der Waals surface area contributed by atoms with Crippen molar-refractivity contribution in [1.82, 2.24) is 0 Å². The fourth-order valence-corrected chi connectivity index (χ4v) is 8.11. The quantitative estimate of drug-likeness (QED) is 0.147. The molecule has 1 heteroatoms. The van der Waals surface area contributed by atoms with E-state index in [9.17, 15) is 0 Å². The molecule has 7 aromatic carbocycles. The van der Waals surface area contributed by atoms with Crippen LogP contribution in [0.5, 0.6) is 0 Å². The monoisotopic (exact) mass is 794 g/mol. The summed E-state index contributed by atoms with van der Waals surface area (Å²) in [5.74, 6) is 1.53. The van der Waals surface area contributed by atoms with E-state index >= 15 is 0 Å². The summed E-state index contributed by atoms with van der Waals surface area (Å²) < 4.78 is 5.79. The SMILES string of the molecule is CC.Cc1ccc2ccccc2c1.Cc1ccc2oc3c(c2c1)C=CCC3.Cc1ccccc1C1C=CC(/C=C/C=C\Cc2ccccc2Cc2ccc3ccccc3c2)=C1. The van der Waals surface area contributed by atoms with Crippen molar-refractivity contribution >= 4 is 38.6 Å². The summed E-state index contributed by atoms with van der Waals surface area (Å²) in [6.45, 7) is 10.4. The second-order valence-electron chi connectivity index (χ2n) is 15.8. The highest BCUT2D eigenvalue weighted by atomic mass is 16.3. The molecule has 0 saturated heterocycles. The fourth-order valence-electron chi connectivity index (χ4n) is 8.11. The summed E-state index contributed by atoms with van der Waals surface area (Å²) in [5, 5.41) is 6.51. The first-order chi connectivity index (χ1) is 30.0. The van der Waals surface area contributed by atoms with Gasteiger partial charge in [-0.3, -0.25) is 0 Å². The number of aryl methyl sites for hydroxylation is 4. The number of furan rings is 1. The Morgan fingerprint density at radius 2 is 1.26 bits per heavy atom. The van der Waals surface area contributed by atoms with Crippen molar-refractivity contribution < 1.29 is 4.42 Å². The van der Waals surface area contributed by atoms with Crippen LogP contribution < -0.4 is 0 Å². The Kier molecular flexibility index (Phi) is 14.6. The van der Waals surface area contributed by atoms with Crippen LogP contribution in [0, 0.1) is 20.8 Å². The maximum absolute atomic E-state index is 5.79. The molecule has 1 unspecified atom stereocenters. The highest BCUT2D eigenvalue weighted by Gasteiger charge is 2.14. The van der Waals surface area contributed by atoms with Gasteiger partial charge in [0.05, 0.1) is 0 Å². The minimum absolute atomic E-state index is 0.381. The van der Waals surface area contributed by atoms with Crippen molar-refractivity contribution in [3.05, 3.63) is 256 Å². The zero-order chi connectivity index (χ0) is 42.4. The molecule has 0 fully saturated rings. The van der Waals surface area contributed by atoms with Crippen LogP contribution in [-0.2, 0) is 19.3 Å². The Labute approximate surface area is 363 Å². The summed E-state index contributed by atoms with van der Waals surface area (Å²) >= 11 is 0. The molecule has 1 atom stereocenters. The second kappa shape index (κ2) is 21.0. The van der Waals surface area contributed by atoms with E-state index in [0.29, 0.717) is 5.92 Å². The predicted octanol–water partition coefficient (Wildman–Crippen LogP) is 16.5. The van der Waals surface area contributed by atoms with Gasteiger partial charge >= 0.3 is 0 Å². The fraction of sp³-hybridized carbons (Fsp3) is 0.167. The first-order valence-corrected chi connectivity index (χ1v) is 21.9. The van der Waals surface area contributed by atoms with Crippen LogP contribution in [0.15, 0.2) is 210 Å². The van der Waals surface area contributed by atoms with Gasteiger partial charge < -0.3 is 4.42 Å². The molecule has 304 valence electrons. The molecule has 0 radical (unpaired) electrons. The molecule has 1 aromatic heterocycles. The lowest BCUT2D eigenvalue weighted by atomic mass is 9.96. The molecular formula is C60H58O. The molecule has 1 heterocycles. The number of allylic oxidation sites excluding steroid dienone is 9. The molecule has 0 amide bonds. The van der Waals surface area contributed by atoms with Crippen LogP contribution >= 0.6 is 0 Å². The highest BCUT2D eigenvalue weighted by molar-refractivity contribution is 5.89. The Hall–Kier alpha value is -6.70. The second-order valence-corrected chi connectivity index (χ2v) is 15.8. The molecule has 0 N–H and O–H groups in total. The Balaban J connectivity index is 0.000000168. The average molecular weight is 795 g/mol. The Morgan fingerprint density at radius 3 is 2.05 bits per heavy atom. The van der Waals surface area contributed by atoms with Crippen LogP contribution in [-0.4, -0.2) is 0 Å². The van der Waals surface area contributed by atoms with Crippen molar-refractivity contribution in [3.8, 4) is 0 Å². The van der Waals surface area contributed by atoms with Gasteiger partial charge in [0.2, 0.25) is 0 Å². The Bertz CT molecular complexity index is 2870. The zero-order valence-electron chi connectivity index (χ0n) is 36.4. The third-order valence-electron chi connectivity index (χ3n) is 11.3. The highest BCUT2D eigenvalue weighted by Crippen LogP contribution is 2.32. The molecule has 1 nitrogen and oxygen atoms in total. The lowest BCUT2D eigenvalue weighted by Gasteiger charge is -2.09. The average Bonchev–Trinajstić information content (AvgIpc) is 3.93. The normalized spacial score (nSPS) is 14.0. The van der Waals surface area contributed by atoms with Gasteiger partial charge in [0.25, 0.3) is 0 Å². The van der Waals surface area contributed by atoms with Crippen LogP contribution in [0.2, 0.25) is 0 Å². The number of fused-ring (bicyclic) bond motifs is 5. The van der Waals surface area contributed by atoms with Crippen LogP contribution in [0.3, 0.4) is 0 Å². The molecule has 0 spiro atoms. The molecule has 0 bridgehead atoms. The van der Waals surface area contributed by atoms with Crippen LogP contribution in [0.4, 0.5) is 0 Å². The summed E-state index contributed by atoms with van der Waals surface area (Å²) in [4.78, 5) is 0. The van der Waals surface area contributed by atoms with Gasteiger partial charge in [-0.05, 0) is 107 Å². The predicted molar refractivity (Wildman–Crippen MR) is 265 cm³/mol. The summed E-state index contributed by atoms with van der Waals surface area (Å²) in [6, 6.07) is 54.1. The molecule has 2 aliphatic rings. The van der Waals surface area contributed by atoms with E-state index in [0.717, 1.165) is 37.0 Å². The lowest BCUT2D eigenvalue weighted by molar-refractivity contribution is 0.546. The van der Waals surface area contributed by atoms with Crippen molar-refractivity contribution in [2.24, 2.45) is 0 Å². The van der Waals surface area contributed by atoms with Crippen molar-refractivity contribution in [3.63, 3.8) is 0 Å². The molecule has 0 aliphatic heterocycles. The molecule has 10 rings (SSSR count). The van der Waals surface area contributed by atoms with Crippen LogP contribution in [0.1, 0.15) is 76.5 Å². The first kappa shape index (κ1) is 42.4. The zero-order valence-corrected chi connectivity index (χ0v) is 36.4. The van der Waals surface area contributed by atoms with E-state index in [1.807, 2.05) is 13.8 Å². The maximum atomic E-state index is 5.79. The van der Waals surface area contributed by atoms with Gasteiger partial charge in [-0.25, -0.2) is 0 Å². The van der Waals surface area contributed by atoms with E-state index in [1.165, 1.54) is 77.0 Å². The number of hydrogen-bond donors (Lipinski definition) is 0. The van der Waals surface area contributed by atoms with Gasteiger partial charge in [-0.2, -0.15) is 0 Å². The third kappa shape index (κ3) is 11.1. The molecule has 2 aliphatic carbocycles. The largest absolute Gasteiger partial charge is 0.460 e. The number of rotatable bonds is 7. The maximum Gasteiger partial charge on any atom is 0.134 e. The summed E-state index contributed by atoms with van der Waals surface area (Å²) in [6.07, 6.45) is 24.1. The molecule has 8 aromatic rings. The van der Waals surface area contributed by atoms with Gasteiger partial charge in [0.1, 0.15) is 11.3 Å². The minimum atomic E-state index is 0.381. The van der Waals surface area contributed by atoms with E-state index in [2.05, 4.69) is 227 Å². The first-order valence-electron chi connectivity index (χ1n) is 21.9. The third-order valence-corrected chi connectivity index (χ3v) is 11.3. The van der Waals surface area contributed by atoms with E-state index in [-0.39, 0.29) is 0 Å². The topological polar surface area (TPSA) is 13.1 Å². The molecule has 0 saturated carbocycles. The number of benzene rings is 7. The van der Waals surface area contributed by atoms with E-state index < -0.39 is 0 Å². The van der Waals surface area contributed by atoms with Gasteiger partial charge in [0.15, 0.2) is 0 Å². The van der Waals surface area contributed by atoms with Crippen molar-refractivity contribution in [1.29, 1.82) is 0 Å². The molecular weight excluding hydrogens is 737 g/mol. The Morgan fingerprint density at radius 1 is 0.607 bits per heavy atom. The molecule has 61 heavy (non-hydrogen) atoms. The summed E-state index contributed by atoms with van der Waals surface area (Å²) in [5.41, 5.74) is 13.1. The minimum Gasteiger partial charge on any atom is -0.460 e. The van der Waals surface area contributed by atoms with Gasteiger partial charge in [-0.15, -0.1) is 0 Å². The van der Waals surface area contributed by atoms with Crippen molar-refractivity contribution in [2.75, 3.05) is 0 Å². The standard InChI is InChI=1S/C34H30.C13H12O.C11H10.C2H6/c1-26-11-5-10-18-34(26)33-22-19-27(23-33)12-3-2-4-13-29-14-6-8-16-31(29)24-28-20-21-30-15-7-9-17-32(30)25-28;1-9-6-7-13-11(8-9)10-4-2-3-5-12(10)14-13;1-9-6-7-10-4-2-3-5-11(10)8-9;1-2/h2-12,14-23,25,33H,13,24H2,1H3;2,4,6-8H,3,5H2,1H3;2-8H,1H3;1-2H3/b4-2-,12-3+;;;. The van der Waals surface area contributed by atoms with Crippen molar-refractivity contribution in [2.45, 2.75) is 66.2 Å². The van der Waals surface area contributed by atoms with E-state index in [4.69, 9.17) is 4.42 Å². The summed E-state index contributed by atoms with van der Waals surface area (Å²) in [7, 11) is 0. The number of hydrogen-bond acceptors (Lipinski definition) is 1. The lowest BCUT2D eigenvalue weighted by Crippen LogP contribution is -1.94. The van der Waals surface area contributed by atoms with Gasteiger partial charge in [0, 0.05) is 23.3 Å². The van der Waals surface area contributed by atoms with Crippen LogP contribution in [0.25, 0.3) is 38.6 Å². The van der Waals surface area contributed by atoms with Gasteiger partial charge in [-0.1, -0.05) is 219 Å². The van der Waals surface area contributed by atoms with E-state index in [1.54, 1.807) is 0 Å². The smallest absolute Gasteiger partial charge is 0.134 e.